The number of halogens is 1. The summed E-state index contributed by atoms with van der Waals surface area (Å²) in [6, 6.07) is 9.63. The third kappa shape index (κ3) is 2.96. The molecule has 0 unspecified atom stereocenters. The molecule has 3 aromatic heterocycles. The van der Waals surface area contributed by atoms with Crippen LogP contribution in [0.25, 0.3) is 21.9 Å². The summed E-state index contributed by atoms with van der Waals surface area (Å²) < 4.78 is 2.10. The molecule has 0 atom stereocenters. The van der Waals surface area contributed by atoms with Crippen LogP contribution in [0, 0.1) is 0 Å². The number of anilines is 2. The first-order valence-corrected chi connectivity index (χ1v) is 8.34. The van der Waals surface area contributed by atoms with Crippen LogP contribution in [0.1, 0.15) is 5.56 Å². The maximum absolute atomic E-state index is 6.10. The number of hydrogen-bond donors (Lipinski definition) is 2. The summed E-state index contributed by atoms with van der Waals surface area (Å²) >= 11 is 6.10. The summed E-state index contributed by atoms with van der Waals surface area (Å²) in [5.74, 6) is 1.22. The number of hydrogen-bond acceptors (Lipinski definition) is 5. The number of nitrogens with one attached hydrogen (secondary N) is 1. The first-order chi connectivity index (χ1) is 12.1. The fourth-order valence-corrected chi connectivity index (χ4v) is 3.22. The summed E-state index contributed by atoms with van der Waals surface area (Å²) in [5, 5.41) is 6.20. The number of aromatic nitrogens is 4. The Morgan fingerprint density at radius 3 is 2.88 bits per heavy atom. The van der Waals surface area contributed by atoms with E-state index in [0.29, 0.717) is 11.5 Å². The lowest BCUT2D eigenvalue weighted by Gasteiger charge is -2.08. The fraction of sp³-hybridized carbons (Fsp3) is 0.167. The average Bonchev–Trinajstić information content (AvgIpc) is 2.90. The van der Waals surface area contributed by atoms with E-state index in [-0.39, 0.29) is 0 Å². The van der Waals surface area contributed by atoms with E-state index in [0.717, 1.165) is 34.7 Å². The van der Waals surface area contributed by atoms with Crippen molar-refractivity contribution in [2.24, 2.45) is 7.05 Å². The Kier molecular flexibility index (Phi) is 3.89. The lowest BCUT2D eigenvalue weighted by atomic mass is 10.1. The molecule has 0 aliphatic carbocycles. The molecule has 3 N–H and O–H groups in total. The van der Waals surface area contributed by atoms with E-state index in [9.17, 15) is 0 Å². The fourth-order valence-electron chi connectivity index (χ4n) is 3.05. The van der Waals surface area contributed by atoms with E-state index < -0.39 is 0 Å². The van der Waals surface area contributed by atoms with Crippen molar-refractivity contribution < 1.29 is 0 Å². The van der Waals surface area contributed by atoms with Gasteiger partial charge in [-0.15, -0.1) is 0 Å². The second-order valence-electron chi connectivity index (χ2n) is 5.93. The average molecular weight is 353 g/mol. The zero-order valence-electron chi connectivity index (χ0n) is 13.7. The van der Waals surface area contributed by atoms with Crippen molar-refractivity contribution >= 4 is 45.2 Å². The number of aryl methyl sites for hydroxylation is 1. The van der Waals surface area contributed by atoms with Crippen molar-refractivity contribution in [3.63, 3.8) is 0 Å². The molecular weight excluding hydrogens is 336 g/mol. The molecule has 3 heterocycles. The lowest BCUT2D eigenvalue weighted by Crippen LogP contribution is -2.07. The molecule has 0 fully saturated rings. The van der Waals surface area contributed by atoms with Crippen LogP contribution in [0.2, 0.25) is 5.02 Å². The van der Waals surface area contributed by atoms with Crippen LogP contribution in [-0.4, -0.2) is 26.1 Å². The predicted octanol–water partition coefficient (Wildman–Crippen LogP) is 3.41. The lowest BCUT2D eigenvalue weighted by molar-refractivity contribution is 0.941. The number of benzene rings is 1. The number of nitrogens with two attached hydrogens (primary N) is 1. The molecule has 6 nitrogen and oxygen atoms in total. The minimum Gasteiger partial charge on any atom is -0.384 e. The molecule has 0 saturated heterocycles. The Morgan fingerprint density at radius 2 is 2.00 bits per heavy atom. The molecular formula is C18H17ClN6. The van der Waals surface area contributed by atoms with E-state index in [1.54, 1.807) is 6.07 Å². The number of nitrogen functional groups attached to an aromatic ring is 1. The van der Waals surface area contributed by atoms with Gasteiger partial charge >= 0.3 is 0 Å². The molecule has 126 valence electrons. The highest BCUT2D eigenvalue weighted by molar-refractivity contribution is 6.31. The highest BCUT2D eigenvalue weighted by Gasteiger charge is 2.08. The second-order valence-corrected chi connectivity index (χ2v) is 6.37. The number of pyridine rings is 1. The van der Waals surface area contributed by atoms with E-state index in [2.05, 4.69) is 37.1 Å². The molecule has 4 aromatic rings. The highest BCUT2D eigenvalue weighted by atomic mass is 35.5. The van der Waals surface area contributed by atoms with E-state index in [1.165, 1.54) is 17.3 Å². The molecule has 0 saturated carbocycles. The first-order valence-electron chi connectivity index (χ1n) is 7.96. The van der Waals surface area contributed by atoms with Crippen LogP contribution < -0.4 is 11.1 Å². The third-order valence-electron chi connectivity index (χ3n) is 4.24. The summed E-state index contributed by atoms with van der Waals surface area (Å²) in [6.45, 7) is 0.748. The SMILES string of the molecule is Cn1cc(CCNc2ncnc3nc(N)ccc23)c2ccc(Cl)cc21. The first kappa shape index (κ1) is 15.7. The van der Waals surface area contributed by atoms with Gasteiger partial charge in [0.25, 0.3) is 0 Å². The molecule has 0 aliphatic rings. The maximum atomic E-state index is 6.10. The van der Waals surface area contributed by atoms with Gasteiger partial charge in [0, 0.05) is 35.7 Å². The van der Waals surface area contributed by atoms with Gasteiger partial charge in [0.05, 0.1) is 5.39 Å². The van der Waals surface area contributed by atoms with Crippen LogP contribution in [0.5, 0.6) is 0 Å². The van der Waals surface area contributed by atoms with Gasteiger partial charge in [0.1, 0.15) is 18.0 Å². The Morgan fingerprint density at radius 1 is 1.16 bits per heavy atom. The molecule has 0 amide bonds. The van der Waals surface area contributed by atoms with Crippen molar-refractivity contribution in [3.05, 3.63) is 53.4 Å². The van der Waals surface area contributed by atoms with Gasteiger partial charge in [-0.3, -0.25) is 0 Å². The number of fused-ring (bicyclic) bond motifs is 2. The van der Waals surface area contributed by atoms with Crippen LogP contribution in [0.4, 0.5) is 11.6 Å². The predicted molar refractivity (Wildman–Crippen MR) is 102 cm³/mol. The van der Waals surface area contributed by atoms with Gasteiger partial charge in [0.2, 0.25) is 0 Å². The molecule has 1 aromatic carbocycles. The van der Waals surface area contributed by atoms with E-state index >= 15 is 0 Å². The molecule has 4 rings (SSSR count). The molecule has 25 heavy (non-hydrogen) atoms. The third-order valence-corrected chi connectivity index (χ3v) is 4.48. The smallest absolute Gasteiger partial charge is 0.166 e. The minimum absolute atomic E-state index is 0.451. The summed E-state index contributed by atoms with van der Waals surface area (Å²) in [4.78, 5) is 12.7. The largest absolute Gasteiger partial charge is 0.384 e. The minimum atomic E-state index is 0.451. The van der Waals surface area contributed by atoms with Crippen LogP contribution in [0.15, 0.2) is 42.9 Å². The molecule has 0 spiro atoms. The van der Waals surface area contributed by atoms with Gasteiger partial charge in [-0.05, 0) is 36.2 Å². The zero-order valence-corrected chi connectivity index (χ0v) is 14.5. The second kappa shape index (κ2) is 6.22. The van der Waals surface area contributed by atoms with Crippen molar-refractivity contribution in [1.82, 2.24) is 19.5 Å². The van der Waals surface area contributed by atoms with Gasteiger partial charge in [-0.1, -0.05) is 17.7 Å². The van der Waals surface area contributed by atoms with E-state index in [4.69, 9.17) is 17.3 Å². The topological polar surface area (TPSA) is 81.7 Å². The summed E-state index contributed by atoms with van der Waals surface area (Å²) in [5.41, 5.74) is 8.71. The maximum Gasteiger partial charge on any atom is 0.166 e. The van der Waals surface area contributed by atoms with Crippen molar-refractivity contribution in [2.75, 3.05) is 17.6 Å². The van der Waals surface area contributed by atoms with Gasteiger partial charge in [-0.2, -0.15) is 0 Å². The molecule has 0 aliphatic heterocycles. The Bertz CT molecular complexity index is 1070. The van der Waals surface area contributed by atoms with Gasteiger partial charge < -0.3 is 15.6 Å². The Labute approximate surface area is 149 Å². The number of nitrogens with zero attached hydrogens (tertiary/aromatic N) is 4. The highest BCUT2D eigenvalue weighted by Crippen LogP contribution is 2.25. The standard InChI is InChI=1S/C18H17ClN6/c1-25-9-11(13-3-2-12(19)8-15(13)25)6-7-21-17-14-4-5-16(20)24-18(14)23-10-22-17/h2-5,8-10H,6-7H2,1H3,(H3,20,21,22,23,24). The van der Waals surface area contributed by atoms with Gasteiger partial charge in [0.15, 0.2) is 5.65 Å². The van der Waals surface area contributed by atoms with E-state index in [1.807, 2.05) is 25.2 Å². The summed E-state index contributed by atoms with van der Waals surface area (Å²) in [6.07, 6.45) is 4.51. The summed E-state index contributed by atoms with van der Waals surface area (Å²) in [7, 11) is 2.03. The normalized spacial score (nSPS) is 11.3. The quantitative estimate of drug-likeness (QED) is 0.588. The van der Waals surface area contributed by atoms with Crippen LogP contribution >= 0.6 is 11.6 Å². The van der Waals surface area contributed by atoms with Crippen molar-refractivity contribution in [3.8, 4) is 0 Å². The molecule has 7 heteroatoms. The van der Waals surface area contributed by atoms with Crippen molar-refractivity contribution in [2.45, 2.75) is 6.42 Å². The van der Waals surface area contributed by atoms with Crippen LogP contribution in [-0.2, 0) is 13.5 Å². The number of rotatable bonds is 4. The molecule has 0 radical (unpaired) electrons. The molecule has 0 bridgehead atoms. The van der Waals surface area contributed by atoms with Gasteiger partial charge in [-0.25, -0.2) is 15.0 Å². The Balaban J connectivity index is 1.55. The van der Waals surface area contributed by atoms with Crippen molar-refractivity contribution in [1.29, 1.82) is 0 Å². The monoisotopic (exact) mass is 352 g/mol. The Hall–Kier alpha value is -2.86. The zero-order chi connectivity index (χ0) is 17.4. The van der Waals surface area contributed by atoms with Crippen LogP contribution in [0.3, 0.4) is 0 Å².